The van der Waals surface area contributed by atoms with Crippen LogP contribution in [0, 0.1) is 0 Å². The van der Waals surface area contributed by atoms with E-state index in [1.807, 2.05) is 6.07 Å². The molecule has 0 saturated carbocycles. The first kappa shape index (κ1) is 21.5. The molecule has 0 bridgehead atoms. The first-order chi connectivity index (χ1) is 12.1. The molecule has 1 aromatic carbocycles. The molecular weight excluding hydrogens is 384 g/mol. The van der Waals surface area contributed by atoms with Gasteiger partial charge in [-0.05, 0) is 31.0 Å². The summed E-state index contributed by atoms with van der Waals surface area (Å²) in [6.07, 6.45) is 7.71. The standard InChI is InChI=1S/C19H29BrN2O3/c1-3-5-7-9-13-25-17-12-11-15(20)14-16(17)19(24)22-21-18(23)10-8-6-4-2/h11-12,14H,3-10,13H2,1-2H3,(H,21,23)(H,22,24). The second kappa shape index (κ2) is 12.8. The molecular formula is C19H29BrN2O3. The molecule has 0 fully saturated rings. The number of amides is 2. The van der Waals surface area contributed by atoms with E-state index in [0.29, 0.717) is 24.3 Å². The quantitative estimate of drug-likeness (QED) is 0.406. The van der Waals surface area contributed by atoms with E-state index >= 15 is 0 Å². The van der Waals surface area contributed by atoms with Crippen molar-refractivity contribution in [2.75, 3.05) is 6.61 Å². The summed E-state index contributed by atoms with van der Waals surface area (Å²) in [4.78, 5) is 24.1. The van der Waals surface area contributed by atoms with Crippen LogP contribution in [0.25, 0.3) is 0 Å². The van der Waals surface area contributed by atoms with Crippen molar-refractivity contribution in [1.82, 2.24) is 10.9 Å². The molecule has 0 saturated heterocycles. The van der Waals surface area contributed by atoms with Gasteiger partial charge in [0.15, 0.2) is 0 Å². The molecule has 0 heterocycles. The predicted octanol–water partition coefficient (Wildman–Crippen LogP) is 4.75. The zero-order chi connectivity index (χ0) is 18.5. The first-order valence-corrected chi connectivity index (χ1v) is 9.89. The molecule has 6 heteroatoms. The van der Waals surface area contributed by atoms with Crippen molar-refractivity contribution in [3.63, 3.8) is 0 Å². The third-order valence-corrected chi connectivity index (χ3v) is 4.26. The number of ether oxygens (including phenoxy) is 1. The van der Waals surface area contributed by atoms with Gasteiger partial charge in [0, 0.05) is 10.9 Å². The van der Waals surface area contributed by atoms with Gasteiger partial charge < -0.3 is 4.74 Å². The number of unbranched alkanes of at least 4 members (excludes halogenated alkanes) is 5. The predicted molar refractivity (Wildman–Crippen MR) is 104 cm³/mol. The van der Waals surface area contributed by atoms with E-state index in [-0.39, 0.29) is 11.8 Å². The average molecular weight is 413 g/mol. The van der Waals surface area contributed by atoms with Crippen LogP contribution in [0.2, 0.25) is 0 Å². The molecule has 0 atom stereocenters. The van der Waals surface area contributed by atoms with Crippen LogP contribution in [-0.2, 0) is 4.79 Å². The molecule has 2 amide bonds. The summed E-state index contributed by atoms with van der Waals surface area (Å²) in [6, 6.07) is 5.29. The summed E-state index contributed by atoms with van der Waals surface area (Å²) in [5.41, 5.74) is 5.33. The highest BCUT2D eigenvalue weighted by molar-refractivity contribution is 9.10. The second-order valence-corrected chi connectivity index (χ2v) is 6.92. The highest BCUT2D eigenvalue weighted by atomic mass is 79.9. The van der Waals surface area contributed by atoms with Crippen LogP contribution in [-0.4, -0.2) is 18.4 Å². The highest BCUT2D eigenvalue weighted by Gasteiger charge is 2.14. The Morgan fingerprint density at radius 1 is 1.00 bits per heavy atom. The molecule has 2 N–H and O–H groups in total. The first-order valence-electron chi connectivity index (χ1n) is 9.10. The van der Waals surface area contributed by atoms with Crippen LogP contribution in [0.3, 0.4) is 0 Å². The zero-order valence-electron chi connectivity index (χ0n) is 15.2. The van der Waals surface area contributed by atoms with Crippen LogP contribution in [0.4, 0.5) is 0 Å². The van der Waals surface area contributed by atoms with Crippen molar-refractivity contribution in [1.29, 1.82) is 0 Å². The molecule has 140 valence electrons. The van der Waals surface area contributed by atoms with Gasteiger partial charge in [-0.25, -0.2) is 0 Å². The van der Waals surface area contributed by atoms with E-state index in [2.05, 4.69) is 40.6 Å². The van der Waals surface area contributed by atoms with Crippen LogP contribution in [0.5, 0.6) is 5.75 Å². The number of carbonyl (C=O) groups excluding carboxylic acids is 2. The Morgan fingerprint density at radius 2 is 1.72 bits per heavy atom. The molecule has 0 aliphatic rings. The Morgan fingerprint density at radius 3 is 2.44 bits per heavy atom. The summed E-state index contributed by atoms with van der Waals surface area (Å²) in [5, 5.41) is 0. The molecule has 1 rings (SSSR count). The summed E-state index contributed by atoms with van der Waals surface area (Å²) in [5.74, 6) is -0.0371. The topological polar surface area (TPSA) is 67.4 Å². The largest absolute Gasteiger partial charge is 0.493 e. The average Bonchev–Trinajstić information content (AvgIpc) is 2.60. The van der Waals surface area contributed by atoms with Gasteiger partial charge in [-0.3, -0.25) is 20.4 Å². The number of benzene rings is 1. The number of nitrogens with one attached hydrogen (secondary N) is 2. The minimum Gasteiger partial charge on any atom is -0.493 e. The van der Waals surface area contributed by atoms with Gasteiger partial charge in [0.05, 0.1) is 12.2 Å². The van der Waals surface area contributed by atoms with Crippen LogP contribution >= 0.6 is 15.9 Å². The third kappa shape index (κ3) is 8.91. The summed E-state index contributed by atoms with van der Waals surface area (Å²) in [6.45, 7) is 4.82. The minimum atomic E-state index is -0.381. The zero-order valence-corrected chi connectivity index (χ0v) is 16.8. The number of hydrogen-bond acceptors (Lipinski definition) is 3. The maximum Gasteiger partial charge on any atom is 0.273 e. The lowest BCUT2D eigenvalue weighted by Crippen LogP contribution is -2.41. The Labute approximate surface area is 159 Å². The van der Waals surface area contributed by atoms with Crippen molar-refractivity contribution in [2.45, 2.75) is 65.2 Å². The van der Waals surface area contributed by atoms with Gasteiger partial charge in [-0.2, -0.15) is 0 Å². The van der Waals surface area contributed by atoms with E-state index in [9.17, 15) is 9.59 Å². The van der Waals surface area contributed by atoms with Crippen molar-refractivity contribution in [3.05, 3.63) is 28.2 Å². The Hall–Kier alpha value is -1.56. The summed E-state index contributed by atoms with van der Waals surface area (Å²) >= 11 is 3.37. The SMILES string of the molecule is CCCCCCOc1ccc(Br)cc1C(=O)NNC(=O)CCCCC. The van der Waals surface area contributed by atoms with Gasteiger partial charge in [0.1, 0.15) is 5.75 Å². The number of hydrogen-bond donors (Lipinski definition) is 2. The van der Waals surface area contributed by atoms with Gasteiger partial charge >= 0.3 is 0 Å². The van der Waals surface area contributed by atoms with E-state index in [0.717, 1.165) is 36.6 Å². The third-order valence-electron chi connectivity index (χ3n) is 3.76. The van der Waals surface area contributed by atoms with Crippen molar-refractivity contribution < 1.29 is 14.3 Å². The Kier molecular flexibility index (Phi) is 11.0. The maximum atomic E-state index is 12.4. The molecule has 0 aliphatic heterocycles. The molecule has 0 aliphatic carbocycles. The molecule has 0 unspecified atom stereocenters. The van der Waals surface area contributed by atoms with Gasteiger partial charge in [0.2, 0.25) is 5.91 Å². The fraction of sp³-hybridized carbons (Fsp3) is 0.579. The lowest BCUT2D eigenvalue weighted by Gasteiger charge is -2.13. The number of halogens is 1. The molecule has 1 aromatic rings. The fourth-order valence-corrected chi connectivity index (χ4v) is 2.67. The molecule has 25 heavy (non-hydrogen) atoms. The molecule has 0 spiro atoms. The van der Waals surface area contributed by atoms with E-state index in [4.69, 9.17) is 4.74 Å². The van der Waals surface area contributed by atoms with Gasteiger partial charge in [-0.1, -0.05) is 61.9 Å². The molecule has 5 nitrogen and oxygen atoms in total. The van der Waals surface area contributed by atoms with E-state index < -0.39 is 0 Å². The highest BCUT2D eigenvalue weighted by Crippen LogP contribution is 2.23. The Balaban J connectivity index is 2.55. The fourth-order valence-electron chi connectivity index (χ4n) is 2.31. The van der Waals surface area contributed by atoms with Crippen LogP contribution in [0.1, 0.15) is 75.6 Å². The van der Waals surface area contributed by atoms with Gasteiger partial charge in [0.25, 0.3) is 5.91 Å². The lowest BCUT2D eigenvalue weighted by atomic mass is 10.2. The number of hydrazine groups is 1. The summed E-state index contributed by atoms with van der Waals surface area (Å²) in [7, 11) is 0. The minimum absolute atomic E-state index is 0.182. The summed E-state index contributed by atoms with van der Waals surface area (Å²) < 4.78 is 6.53. The van der Waals surface area contributed by atoms with E-state index in [1.54, 1.807) is 12.1 Å². The Bertz CT molecular complexity index is 549. The smallest absolute Gasteiger partial charge is 0.273 e. The lowest BCUT2D eigenvalue weighted by molar-refractivity contribution is -0.121. The van der Waals surface area contributed by atoms with Crippen molar-refractivity contribution >= 4 is 27.7 Å². The number of carbonyl (C=O) groups is 2. The maximum absolute atomic E-state index is 12.4. The molecule has 0 radical (unpaired) electrons. The van der Waals surface area contributed by atoms with Crippen molar-refractivity contribution in [2.24, 2.45) is 0 Å². The van der Waals surface area contributed by atoms with Crippen LogP contribution in [0.15, 0.2) is 22.7 Å². The normalized spacial score (nSPS) is 10.4. The van der Waals surface area contributed by atoms with E-state index in [1.165, 1.54) is 12.8 Å². The van der Waals surface area contributed by atoms with Gasteiger partial charge in [-0.15, -0.1) is 0 Å². The number of rotatable bonds is 11. The molecule has 0 aromatic heterocycles. The van der Waals surface area contributed by atoms with Crippen molar-refractivity contribution in [3.8, 4) is 5.75 Å². The monoisotopic (exact) mass is 412 g/mol. The second-order valence-electron chi connectivity index (χ2n) is 6.01. The van der Waals surface area contributed by atoms with Crippen LogP contribution < -0.4 is 15.6 Å².